The predicted molar refractivity (Wildman–Crippen MR) is 104 cm³/mol. The van der Waals surface area contributed by atoms with Crippen LogP contribution in [0, 0.1) is 0 Å². The standard InChI is InChI=1S/C18H30N4O3S/c1-6-24-15-11-14(20-16(21-15)26-5)22-10-8-7-9-13(22)12-19-17(23)25-18(2,3)4/h11,13H,6-10,12H2,1-5H3,(H,19,23)/t13-/m0/s1. The lowest BCUT2D eigenvalue weighted by atomic mass is 10.0. The molecule has 8 heteroatoms. The molecule has 0 unspecified atom stereocenters. The first-order chi connectivity index (χ1) is 12.3. The van der Waals surface area contributed by atoms with E-state index in [2.05, 4.69) is 20.2 Å². The molecule has 2 heterocycles. The number of anilines is 1. The van der Waals surface area contributed by atoms with Gasteiger partial charge in [0.1, 0.15) is 11.4 Å². The molecule has 1 aliphatic heterocycles. The van der Waals surface area contributed by atoms with E-state index in [1.54, 1.807) is 0 Å². The quantitative estimate of drug-likeness (QED) is 0.596. The summed E-state index contributed by atoms with van der Waals surface area (Å²) in [6.07, 6.45) is 4.80. The van der Waals surface area contributed by atoms with Crippen LogP contribution in [0.25, 0.3) is 0 Å². The zero-order chi connectivity index (χ0) is 19.2. The number of thioether (sulfide) groups is 1. The number of hydrogen-bond acceptors (Lipinski definition) is 7. The molecule has 1 saturated heterocycles. The summed E-state index contributed by atoms with van der Waals surface area (Å²) in [6, 6.07) is 2.06. The zero-order valence-electron chi connectivity index (χ0n) is 16.4. The normalized spacial score (nSPS) is 17.7. The number of amides is 1. The van der Waals surface area contributed by atoms with Gasteiger partial charge >= 0.3 is 6.09 Å². The van der Waals surface area contributed by atoms with Gasteiger partial charge in [0.15, 0.2) is 5.16 Å². The summed E-state index contributed by atoms with van der Waals surface area (Å²) < 4.78 is 10.9. The molecule has 0 bridgehead atoms. The highest BCUT2D eigenvalue weighted by atomic mass is 32.2. The number of piperidine rings is 1. The van der Waals surface area contributed by atoms with Crippen LogP contribution in [0.15, 0.2) is 11.2 Å². The summed E-state index contributed by atoms with van der Waals surface area (Å²) in [5.41, 5.74) is -0.497. The molecule has 0 aromatic carbocycles. The molecule has 1 atom stereocenters. The highest BCUT2D eigenvalue weighted by Gasteiger charge is 2.26. The van der Waals surface area contributed by atoms with E-state index in [0.717, 1.165) is 31.6 Å². The first kappa shape index (κ1) is 20.6. The molecule has 0 radical (unpaired) electrons. The Bertz CT molecular complexity index is 607. The van der Waals surface area contributed by atoms with Gasteiger partial charge in [-0.05, 0) is 53.2 Å². The van der Waals surface area contributed by atoms with Gasteiger partial charge in [0.25, 0.3) is 0 Å². The number of carbonyl (C=O) groups excluding carboxylic acids is 1. The fourth-order valence-electron chi connectivity index (χ4n) is 2.88. The van der Waals surface area contributed by atoms with Crippen molar-refractivity contribution < 1.29 is 14.3 Å². The summed E-state index contributed by atoms with van der Waals surface area (Å²) in [4.78, 5) is 23.3. The Hall–Kier alpha value is -1.70. The highest BCUT2D eigenvalue weighted by Crippen LogP contribution is 2.27. The Kier molecular flexibility index (Phi) is 7.37. The Labute approximate surface area is 160 Å². The summed E-state index contributed by atoms with van der Waals surface area (Å²) in [7, 11) is 0. The Morgan fingerprint density at radius 3 is 2.81 bits per heavy atom. The number of alkyl carbamates (subject to hydrolysis) is 1. The minimum Gasteiger partial charge on any atom is -0.478 e. The third-order valence-corrected chi connectivity index (χ3v) is 4.49. The van der Waals surface area contributed by atoms with E-state index < -0.39 is 5.60 Å². The van der Waals surface area contributed by atoms with Gasteiger partial charge in [-0.3, -0.25) is 0 Å². The van der Waals surface area contributed by atoms with Crippen molar-refractivity contribution in [3.8, 4) is 5.88 Å². The van der Waals surface area contributed by atoms with Gasteiger partial charge in [-0.15, -0.1) is 0 Å². The second-order valence-electron chi connectivity index (χ2n) is 7.21. The molecular formula is C18H30N4O3S. The van der Waals surface area contributed by atoms with Gasteiger partial charge in [0.2, 0.25) is 5.88 Å². The molecule has 1 aliphatic rings. The van der Waals surface area contributed by atoms with E-state index in [1.807, 2.05) is 40.0 Å². The predicted octanol–water partition coefficient (Wildman–Crippen LogP) is 3.48. The molecule has 26 heavy (non-hydrogen) atoms. The van der Waals surface area contributed by atoms with Crippen LogP contribution in [0.4, 0.5) is 10.6 Å². The lowest BCUT2D eigenvalue weighted by molar-refractivity contribution is 0.0522. The number of ether oxygens (including phenoxy) is 2. The minimum atomic E-state index is -0.497. The van der Waals surface area contributed by atoms with Crippen molar-refractivity contribution in [3.05, 3.63) is 6.07 Å². The Balaban J connectivity index is 2.10. The first-order valence-corrected chi connectivity index (χ1v) is 10.3. The molecule has 1 aromatic rings. The molecule has 1 amide bonds. The average molecular weight is 383 g/mol. The smallest absolute Gasteiger partial charge is 0.407 e. The second-order valence-corrected chi connectivity index (χ2v) is 7.98. The molecule has 7 nitrogen and oxygen atoms in total. The van der Waals surface area contributed by atoms with Gasteiger partial charge in [-0.1, -0.05) is 11.8 Å². The number of aromatic nitrogens is 2. The molecule has 1 fully saturated rings. The molecular weight excluding hydrogens is 352 g/mol. The van der Waals surface area contributed by atoms with Crippen LogP contribution in [0.1, 0.15) is 47.0 Å². The third-order valence-electron chi connectivity index (χ3n) is 3.95. The zero-order valence-corrected chi connectivity index (χ0v) is 17.2. The van der Waals surface area contributed by atoms with E-state index >= 15 is 0 Å². The van der Waals surface area contributed by atoms with Gasteiger partial charge in [0, 0.05) is 25.2 Å². The fraction of sp³-hybridized carbons (Fsp3) is 0.722. The third kappa shape index (κ3) is 6.23. The van der Waals surface area contributed by atoms with Crippen LogP contribution in [0.2, 0.25) is 0 Å². The van der Waals surface area contributed by atoms with Crippen molar-refractivity contribution in [2.75, 3.05) is 30.9 Å². The molecule has 0 saturated carbocycles. The molecule has 1 aromatic heterocycles. The van der Waals surface area contributed by atoms with Crippen LogP contribution in [-0.4, -0.2) is 53.7 Å². The molecule has 0 aliphatic carbocycles. The maximum atomic E-state index is 12.0. The van der Waals surface area contributed by atoms with E-state index in [0.29, 0.717) is 24.2 Å². The van der Waals surface area contributed by atoms with Gasteiger partial charge in [-0.25, -0.2) is 9.78 Å². The van der Waals surface area contributed by atoms with E-state index in [4.69, 9.17) is 9.47 Å². The van der Waals surface area contributed by atoms with Crippen molar-refractivity contribution in [3.63, 3.8) is 0 Å². The maximum absolute atomic E-state index is 12.0. The summed E-state index contributed by atoms with van der Waals surface area (Å²) in [5.74, 6) is 1.44. The van der Waals surface area contributed by atoms with Crippen molar-refractivity contribution in [1.82, 2.24) is 15.3 Å². The summed E-state index contributed by atoms with van der Waals surface area (Å²) in [6.45, 7) is 9.51. The molecule has 1 N–H and O–H groups in total. The summed E-state index contributed by atoms with van der Waals surface area (Å²) >= 11 is 1.49. The minimum absolute atomic E-state index is 0.176. The lowest BCUT2D eigenvalue weighted by Gasteiger charge is -2.37. The molecule has 2 rings (SSSR count). The van der Waals surface area contributed by atoms with Crippen LogP contribution in [-0.2, 0) is 4.74 Å². The van der Waals surface area contributed by atoms with Gasteiger partial charge in [0.05, 0.1) is 6.61 Å². The van der Waals surface area contributed by atoms with Crippen LogP contribution in [0.5, 0.6) is 5.88 Å². The molecule has 0 spiro atoms. The second kappa shape index (κ2) is 9.30. The van der Waals surface area contributed by atoms with Crippen LogP contribution in [0.3, 0.4) is 0 Å². The van der Waals surface area contributed by atoms with E-state index in [9.17, 15) is 4.79 Å². The number of nitrogens with zero attached hydrogens (tertiary/aromatic N) is 3. The lowest BCUT2D eigenvalue weighted by Crippen LogP contribution is -2.48. The number of hydrogen-bond donors (Lipinski definition) is 1. The number of rotatable bonds is 6. The van der Waals surface area contributed by atoms with Crippen molar-refractivity contribution >= 4 is 23.7 Å². The van der Waals surface area contributed by atoms with E-state index in [1.165, 1.54) is 11.8 Å². The average Bonchev–Trinajstić information content (AvgIpc) is 2.58. The SMILES string of the molecule is CCOc1cc(N2CCCC[C@H]2CNC(=O)OC(C)(C)C)nc(SC)n1. The van der Waals surface area contributed by atoms with Crippen LogP contribution < -0.4 is 15.0 Å². The van der Waals surface area contributed by atoms with E-state index in [-0.39, 0.29) is 12.1 Å². The highest BCUT2D eigenvalue weighted by molar-refractivity contribution is 7.98. The van der Waals surface area contributed by atoms with Gasteiger partial charge < -0.3 is 19.7 Å². The fourth-order valence-corrected chi connectivity index (χ4v) is 3.25. The number of nitrogens with one attached hydrogen (secondary N) is 1. The first-order valence-electron chi connectivity index (χ1n) is 9.11. The number of carbonyl (C=O) groups is 1. The largest absolute Gasteiger partial charge is 0.478 e. The maximum Gasteiger partial charge on any atom is 0.407 e. The monoisotopic (exact) mass is 382 g/mol. The van der Waals surface area contributed by atoms with Crippen molar-refractivity contribution in [2.45, 2.75) is 63.8 Å². The summed E-state index contributed by atoms with van der Waals surface area (Å²) in [5, 5.41) is 3.58. The Morgan fingerprint density at radius 2 is 2.15 bits per heavy atom. The van der Waals surface area contributed by atoms with Crippen molar-refractivity contribution in [1.29, 1.82) is 0 Å². The van der Waals surface area contributed by atoms with Crippen molar-refractivity contribution in [2.24, 2.45) is 0 Å². The van der Waals surface area contributed by atoms with Crippen LogP contribution >= 0.6 is 11.8 Å². The topological polar surface area (TPSA) is 76.6 Å². The Morgan fingerprint density at radius 1 is 1.38 bits per heavy atom. The molecule has 146 valence electrons. The van der Waals surface area contributed by atoms with Gasteiger partial charge in [-0.2, -0.15) is 4.98 Å².